The predicted octanol–water partition coefficient (Wildman–Crippen LogP) is 13.7. The molecule has 6 atom stereocenters. The van der Waals surface area contributed by atoms with Crippen LogP contribution in [0.5, 0.6) is 0 Å². The molecule has 0 aromatic rings. The molecule has 1 heterocycles. The quantitative estimate of drug-likeness (QED) is 0.0196. The maximum Gasteiger partial charge on any atom is 0.397 e. The minimum atomic E-state index is -5.07. The van der Waals surface area contributed by atoms with Crippen LogP contribution >= 0.6 is 0 Å². The number of esters is 1. The molecule has 0 aromatic carbocycles. The Bertz CT molecular complexity index is 1340. The third-order valence-electron chi connectivity index (χ3n) is 13.0. The fourth-order valence-electron chi connectivity index (χ4n) is 8.74. The van der Waals surface area contributed by atoms with E-state index in [0.717, 1.165) is 57.8 Å². The van der Waals surface area contributed by atoms with E-state index in [1.165, 1.54) is 167 Å². The fourth-order valence-corrected chi connectivity index (χ4v) is 9.25. The van der Waals surface area contributed by atoms with Crippen LogP contribution in [-0.4, -0.2) is 97.5 Å². The minimum Gasteiger partial charge on any atom is -0.457 e. The van der Waals surface area contributed by atoms with E-state index in [9.17, 15) is 33.1 Å². The first kappa shape index (κ1) is 65.3. The molecule has 69 heavy (non-hydrogen) atoms. The van der Waals surface area contributed by atoms with Gasteiger partial charge in [0.15, 0.2) is 6.29 Å². The number of ether oxygens (including phenoxy) is 4. The number of hydrogen-bond acceptors (Lipinski definition) is 11. The number of rotatable bonds is 50. The summed E-state index contributed by atoms with van der Waals surface area (Å²) in [6.45, 7) is 4.02. The highest BCUT2D eigenvalue weighted by molar-refractivity contribution is 7.80. The molecule has 1 fully saturated rings. The lowest BCUT2D eigenvalue weighted by Gasteiger charge is -2.41. The Morgan fingerprint density at radius 2 is 0.957 bits per heavy atom. The molecule has 0 spiro atoms. The summed E-state index contributed by atoms with van der Waals surface area (Å²) in [6.07, 6.45) is 48.9. The summed E-state index contributed by atoms with van der Waals surface area (Å²) in [7, 11) is -5.07. The van der Waals surface area contributed by atoms with Gasteiger partial charge in [0.2, 0.25) is 0 Å². The number of carbonyl (C=O) groups is 1. The number of allylic oxidation sites excluding steroid dienone is 6. The van der Waals surface area contributed by atoms with Crippen LogP contribution in [0.3, 0.4) is 0 Å². The van der Waals surface area contributed by atoms with E-state index in [0.29, 0.717) is 13.0 Å². The smallest absolute Gasteiger partial charge is 0.397 e. The van der Waals surface area contributed by atoms with Gasteiger partial charge in [-0.1, -0.05) is 230 Å². The molecule has 1 aliphatic heterocycles. The van der Waals surface area contributed by atoms with E-state index in [1.807, 2.05) is 0 Å². The molecular weight excluding hydrogens is 897 g/mol. The molecule has 406 valence electrons. The van der Waals surface area contributed by atoms with Crippen LogP contribution in [0, 0.1) is 0 Å². The molecule has 13 heteroatoms. The topological polar surface area (TPSA) is 178 Å². The van der Waals surface area contributed by atoms with Gasteiger partial charge in [-0.15, -0.1) is 0 Å². The summed E-state index contributed by atoms with van der Waals surface area (Å²) in [5.41, 5.74) is 0. The molecule has 6 unspecified atom stereocenters. The first-order chi connectivity index (χ1) is 33.6. The van der Waals surface area contributed by atoms with Gasteiger partial charge in [-0.3, -0.25) is 9.35 Å². The van der Waals surface area contributed by atoms with Gasteiger partial charge in [0.25, 0.3) is 0 Å². The molecule has 0 aromatic heterocycles. The number of carbonyl (C=O) groups excluding carboxylic acids is 1. The van der Waals surface area contributed by atoms with Gasteiger partial charge in [-0.25, -0.2) is 4.18 Å². The van der Waals surface area contributed by atoms with Gasteiger partial charge in [0.05, 0.1) is 19.8 Å². The molecule has 12 nitrogen and oxygen atoms in total. The van der Waals surface area contributed by atoms with Crippen LogP contribution in [0.1, 0.15) is 251 Å². The Balaban J connectivity index is 2.32. The Labute approximate surface area is 422 Å². The Morgan fingerprint density at radius 3 is 1.39 bits per heavy atom. The van der Waals surface area contributed by atoms with Crippen LogP contribution in [0.2, 0.25) is 0 Å². The summed E-state index contributed by atoms with van der Waals surface area (Å²) in [4.78, 5) is 12.9. The number of hydrogen-bond donors (Lipinski definition) is 4. The van der Waals surface area contributed by atoms with Gasteiger partial charge in [0.1, 0.15) is 30.5 Å². The van der Waals surface area contributed by atoms with Crippen molar-refractivity contribution in [1.82, 2.24) is 0 Å². The monoisotopic (exact) mass is 1000 g/mol. The van der Waals surface area contributed by atoms with E-state index < -0.39 is 59.8 Å². The number of unbranched alkanes of at least 4 members (excludes halogenated alkanes) is 31. The molecular formula is C56H104O12S. The molecule has 0 amide bonds. The van der Waals surface area contributed by atoms with Crippen LogP contribution in [0.15, 0.2) is 36.5 Å². The second-order valence-electron chi connectivity index (χ2n) is 19.5. The summed E-state index contributed by atoms with van der Waals surface area (Å²) in [5, 5.41) is 30.8. The molecule has 0 saturated carbocycles. The van der Waals surface area contributed by atoms with Crippen molar-refractivity contribution in [1.29, 1.82) is 0 Å². The van der Waals surface area contributed by atoms with E-state index in [-0.39, 0.29) is 19.6 Å². The highest BCUT2D eigenvalue weighted by atomic mass is 32.3. The molecule has 0 aliphatic carbocycles. The van der Waals surface area contributed by atoms with Crippen molar-refractivity contribution in [2.24, 2.45) is 0 Å². The maximum atomic E-state index is 12.9. The van der Waals surface area contributed by atoms with Crippen molar-refractivity contribution in [3.63, 3.8) is 0 Å². The van der Waals surface area contributed by atoms with Crippen molar-refractivity contribution in [3.05, 3.63) is 36.5 Å². The average Bonchev–Trinajstić information content (AvgIpc) is 3.32. The second-order valence-corrected chi connectivity index (χ2v) is 20.6. The maximum absolute atomic E-state index is 12.9. The van der Waals surface area contributed by atoms with Gasteiger partial charge in [-0.05, 0) is 51.4 Å². The number of aliphatic hydroxyl groups excluding tert-OH is 3. The summed E-state index contributed by atoms with van der Waals surface area (Å²) in [6, 6.07) is 0. The Kier molecular flexibility index (Phi) is 44.8. The third-order valence-corrected chi connectivity index (χ3v) is 13.5. The molecule has 0 radical (unpaired) electrons. The number of aliphatic hydroxyl groups is 3. The largest absolute Gasteiger partial charge is 0.457 e. The summed E-state index contributed by atoms with van der Waals surface area (Å²) < 4.78 is 59.4. The zero-order valence-electron chi connectivity index (χ0n) is 43.9. The van der Waals surface area contributed by atoms with Crippen LogP contribution in [0.25, 0.3) is 0 Å². The molecule has 4 N–H and O–H groups in total. The van der Waals surface area contributed by atoms with E-state index >= 15 is 0 Å². The Hall–Kier alpha value is -1.68. The Morgan fingerprint density at radius 1 is 0.551 bits per heavy atom. The van der Waals surface area contributed by atoms with Crippen LogP contribution in [0.4, 0.5) is 0 Å². The molecule has 0 bridgehead atoms. The van der Waals surface area contributed by atoms with E-state index in [1.54, 1.807) is 0 Å². The normalized spacial score (nSPS) is 19.4. The highest BCUT2D eigenvalue weighted by Gasteiger charge is 2.48. The minimum absolute atomic E-state index is 0.0364. The standard InChI is InChI=1S/C56H104O12S/c1-3-5-7-9-11-13-15-17-19-21-23-24-25-26-27-29-31-33-35-37-39-41-43-45-52(58)66-50(49-65-56-54(60)55(68-69(61,62)63)53(59)51(47-57)67-56)48-64-46-44-42-40-38-36-34-32-30-28-22-20-18-16-14-12-10-8-6-4-2/h15,17,21,23,25-26,50-51,53-57,59-60H,3-14,16,18-20,22,24,27-49H2,1-2H3,(H,61,62,63)/b17-15-,23-21-,26-25-. The zero-order chi connectivity index (χ0) is 50.3. The van der Waals surface area contributed by atoms with Crippen molar-refractivity contribution in [2.45, 2.75) is 288 Å². The van der Waals surface area contributed by atoms with E-state index in [4.69, 9.17) is 18.9 Å². The molecule has 1 aliphatic rings. The van der Waals surface area contributed by atoms with Crippen molar-refractivity contribution >= 4 is 16.4 Å². The van der Waals surface area contributed by atoms with E-state index in [2.05, 4.69) is 54.5 Å². The molecule has 1 rings (SSSR count). The van der Waals surface area contributed by atoms with Crippen LogP contribution in [-0.2, 0) is 38.3 Å². The van der Waals surface area contributed by atoms with Crippen molar-refractivity contribution in [2.75, 3.05) is 26.4 Å². The third kappa shape index (κ3) is 40.5. The second kappa shape index (κ2) is 47.3. The van der Waals surface area contributed by atoms with Gasteiger partial charge >= 0.3 is 16.4 Å². The van der Waals surface area contributed by atoms with Gasteiger partial charge in [-0.2, -0.15) is 8.42 Å². The predicted molar refractivity (Wildman–Crippen MR) is 280 cm³/mol. The first-order valence-electron chi connectivity index (χ1n) is 28.2. The highest BCUT2D eigenvalue weighted by Crippen LogP contribution is 2.26. The van der Waals surface area contributed by atoms with Crippen molar-refractivity contribution in [3.8, 4) is 0 Å². The van der Waals surface area contributed by atoms with Crippen LogP contribution < -0.4 is 0 Å². The molecule has 1 saturated heterocycles. The van der Waals surface area contributed by atoms with Crippen molar-refractivity contribution < 1.29 is 56.2 Å². The van der Waals surface area contributed by atoms with Gasteiger partial charge < -0.3 is 34.3 Å². The summed E-state index contributed by atoms with van der Waals surface area (Å²) >= 11 is 0. The SMILES string of the molecule is CCCCCCC/C=C\C/C=C\C/C=C\CCCCCCCCCCC(=O)OC(COCCCCCCCCCCCCCCCCCCCCC)COC1OC(CO)C(O)C(OS(=O)(=O)O)C1O. The summed E-state index contributed by atoms with van der Waals surface area (Å²) in [5.74, 6) is -0.402. The first-order valence-corrected chi connectivity index (χ1v) is 29.6. The lowest BCUT2D eigenvalue weighted by Crippen LogP contribution is -2.60. The lowest BCUT2D eigenvalue weighted by molar-refractivity contribution is -0.301. The zero-order valence-corrected chi connectivity index (χ0v) is 44.7. The fraction of sp³-hybridized carbons (Fsp3) is 0.875. The lowest BCUT2D eigenvalue weighted by atomic mass is 9.99. The van der Waals surface area contributed by atoms with Gasteiger partial charge in [0, 0.05) is 13.0 Å². The average molecular weight is 1000 g/mol.